The van der Waals surface area contributed by atoms with Gasteiger partial charge in [0.05, 0.1) is 4.34 Å². The van der Waals surface area contributed by atoms with E-state index in [9.17, 15) is 0 Å². The minimum absolute atomic E-state index is 0.939. The molecule has 2 heterocycles. The largest absolute Gasteiger partial charge is 0.295 e. The molecule has 2 rings (SSSR count). The van der Waals surface area contributed by atoms with Gasteiger partial charge < -0.3 is 0 Å². The highest BCUT2D eigenvalue weighted by molar-refractivity contribution is 7.14. The summed E-state index contributed by atoms with van der Waals surface area (Å²) in [7, 11) is 0. The zero-order valence-corrected chi connectivity index (χ0v) is 8.94. The van der Waals surface area contributed by atoms with Crippen molar-refractivity contribution in [3.8, 4) is 0 Å². The zero-order valence-electron chi connectivity index (χ0n) is 7.37. The Bertz CT molecular complexity index is 306. The van der Waals surface area contributed by atoms with Gasteiger partial charge in [-0.3, -0.25) is 4.90 Å². The Morgan fingerprint density at radius 3 is 3.00 bits per heavy atom. The molecule has 0 unspecified atom stereocenters. The Kier molecular flexibility index (Phi) is 3.04. The summed E-state index contributed by atoms with van der Waals surface area (Å²) in [6.45, 7) is 3.21. The minimum Gasteiger partial charge on any atom is -0.295 e. The fourth-order valence-corrected chi connectivity index (χ4v) is 2.42. The SMILES string of the molecule is Clc1sccc1CN1CC=CCC1. The van der Waals surface area contributed by atoms with E-state index in [0.717, 1.165) is 24.0 Å². The molecule has 70 valence electrons. The van der Waals surface area contributed by atoms with Crippen molar-refractivity contribution in [3.05, 3.63) is 33.5 Å². The molecule has 0 spiro atoms. The van der Waals surface area contributed by atoms with Gasteiger partial charge in [-0.15, -0.1) is 11.3 Å². The summed E-state index contributed by atoms with van der Waals surface area (Å²) in [6.07, 6.45) is 5.64. The molecule has 0 aliphatic carbocycles. The lowest BCUT2D eigenvalue weighted by molar-refractivity contribution is 0.291. The lowest BCUT2D eigenvalue weighted by Crippen LogP contribution is -2.26. The number of hydrogen-bond acceptors (Lipinski definition) is 2. The monoisotopic (exact) mass is 213 g/mol. The first-order valence-electron chi connectivity index (χ1n) is 4.45. The van der Waals surface area contributed by atoms with E-state index in [4.69, 9.17) is 11.6 Å². The number of halogens is 1. The molecule has 3 heteroatoms. The van der Waals surface area contributed by atoms with Crippen LogP contribution in [0.2, 0.25) is 4.34 Å². The molecule has 1 aromatic heterocycles. The van der Waals surface area contributed by atoms with Gasteiger partial charge in [-0.05, 0) is 23.4 Å². The summed E-state index contributed by atoms with van der Waals surface area (Å²) in [5.41, 5.74) is 1.27. The van der Waals surface area contributed by atoms with Crippen LogP contribution in [0.15, 0.2) is 23.6 Å². The van der Waals surface area contributed by atoms with Crippen molar-refractivity contribution in [2.24, 2.45) is 0 Å². The quantitative estimate of drug-likeness (QED) is 0.683. The first-order valence-corrected chi connectivity index (χ1v) is 5.71. The van der Waals surface area contributed by atoms with Crippen molar-refractivity contribution >= 4 is 22.9 Å². The second-order valence-corrected chi connectivity index (χ2v) is 4.73. The number of nitrogens with zero attached hydrogens (tertiary/aromatic N) is 1. The lowest BCUT2D eigenvalue weighted by atomic mass is 10.2. The first-order chi connectivity index (χ1) is 6.36. The van der Waals surface area contributed by atoms with E-state index in [1.165, 1.54) is 12.0 Å². The number of hydrogen-bond donors (Lipinski definition) is 0. The van der Waals surface area contributed by atoms with E-state index >= 15 is 0 Å². The fraction of sp³-hybridized carbons (Fsp3) is 0.400. The van der Waals surface area contributed by atoms with Crippen molar-refractivity contribution in [1.82, 2.24) is 4.90 Å². The van der Waals surface area contributed by atoms with Crippen LogP contribution in [0.4, 0.5) is 0 Å². The highest BCUT2D eigenvalue weighted by Gasteiger charge is 2.09. The average molecular weight is 214 g/mol. The molecule has 13 heavy (non-hydrogen) atoms. The third-order valence-corrected chi connectivity index (χ3v) is 3.48. The van der Waals surface area contributed by atoms with Gasteiger partial charge in [0.1, 0.15) is 0 Å². The second kappa shape index (κ2) is 4.27. The van der Waals surface area contributed by atoms with E-state index in [2.05, 4.69) is 28.5 Å². The van der Waals surface area contributed by atoms with E-state index in [1.807, 2.05) is 0 Å². The van der Waals surface area contributed by atoms with Gasteiger partial charge in [0.15, 0.2) is 0 Å². The molecule has 0 atom stereocenters. The Morgan fingerprint density at radius 1 is 1.46 bits per heavy atom. The molecule has 0 amide bonds. The van der Waals surface area contributed by atoms with Gasteiger partial charge in [0.2, 0.25) is 0 Å². The molecular weight excluding hydrogens is 202 g/mol. The summed E-state index contributed by atoms with van der Waals surface area (Å²) in [6, 6.07) is 2.12. The van der Waals surface area contributed by atoms with Crippen LogP contribution in [-0.4, -0.2) is 18.0 Å². The number of rotatable bonds is 2. The molecular formula is C10H12ClNS. The van der Waals surface area contributed by atoms with E-state index in [0.29, 0.717) is 0 Å². The highest BCUT2D eigenvalue weighted by atomic mass is 35.5. The molecule has 1 aliphatic rings. The topological polar surface area (TPSA) is 3.24 Å². The third kappa shape index (κ3) is 2.33. The first kappa shape index (κ1) is 9.25. The van der Waals surface area contributed by atoms with Crippen LogP contribution in [0.1, 0.15) is 12.0 Å². The van der Waals surface area contributed by atoms with Gasteiger partial charge in [0, 0.05) is 19.6 Å². The normalized spacial score (nSPS) is 17.9. The van der Waals surface area contributed by atoms with E-state index in [1.54, 1.807) is 11.3 Å². The predicted molar refractivity (Wildman–Crippen MR) is 58.4 cm³/mol. The predicted octanol–water partition coefficient (Wildman–Crippen LogP) is 3.16. The van der Waals surface area contributed by atoms with Crippen LogP contribution < -0.4 is 0 Å². The van der Waals surface area contributed by atoms with Crippen LogP contribution in [0.25, 0.3) is 0 Å². The highest BCUT2D eigenvalue weighted by Crippen LogP contribution is 2.24. The summed E-state index contributed by atoms with van der Waals surface area (Å²) in [5.74, 6) is 0. The van der Waals surface area contributed by atoms with Gasteiger partial charge in [0.25, 0.3) is 0 Å². The van der Waals surface area contributed by atoms with Crippen molar-refractivity contribution in [2.45, 2.75) is 13.0 Å². The Hall–Kier alpha value is -0.310. The van der Waals surface area contributed by atoms with Crippen molar-refractivity contribution in [2.75, 3.05) is 13.1 Å². The standard InChI is InChI=1S/C10H12ClNS/c11-10-9(4-7-13-10)8-12-5-2-1-3-6-12/h1-2,4,7H,3,5-6,8H2. The molecule has 1 aliphatic heterocycles. The maximum atomic E-state index is 6.03. The van der Waals surface area contributed by atoms with Crippen LogP contribution >= 0.6 is 22.9 Å². The summed E-state index contributed by atoms with van der Waals surface area (Å²) < 4.78 is 0.939. The third-order valence-electron chi connectivity index (χ3n) is 2.23. The molecule has 0 aromatic carbocycles. The molecule has 1 nitrogen and oxygen atoms in total. The van der Waals surface area contributed by atoms with E-state index in [-0.39, 0.29) is 0 Å². The van der Waals surface area contributed by atoms with Crippen LogP contribution in [0, 0.1) is 0 Å². The maximum Gasteiger partial charge on any atom is 0.0973 e. The van der Waals surface area contributed by atoms with Crippen molar-refractivity contribution in [3.63, 3.8) is 0 Å². The molecule has 0 saturated carbocycles. The maximum absolute atomic E-state index is 6.03. The molecule has 1 aromatic rings. The molecule has 0 radical (unpaired) electrons. The van der Waals surface area contributed by atoms with Crippen LogP contribution in [0.5, 0.6) is 0 Å². The number of thiophene rings is 1. The Labute approximate surface area is 87.6 Å². The summed E-state index contributed by atoms with van der Waals surface area (Å²) in [4.78, 5) is 2.41. The molecule has 0 fully saturated rings. The van der Waals surface area contributed by atoms with Crippen molar-refractivity contribution < 1.29 is 0 Å². The van der Waals surface area contributed by atoms with Crippen LogP contribution in [-0.2, 0) is 6.54 Å². The average Bonchev–Trinajstić information content (AvgIpc) is 2.54. The minimum atomic E-state index is 0.939. The van der Waals surface area contributed by atoms with Gasteiger partial charge >= 0.3 is 0 Å². The smallest absolute Gasteiger partial charge is 0.0973 e. The molecule has 0 N–H and O–H groups in total. The molecule has 0 saturated heterocycles. The summed E-state index contributed by atoms with van der Waals surface area (Å²) in [5, 5.41) is 2.05. The Balaban J connectivity index is 1.98. The van der Waals surface area contributed by atoms with Gasteiger partial charge in [-0.1, -0.05) is 23.8 Å². The van der Waals surface area contributed by atoms with Gasteiger partial charge in [-0.25, -0.2) is 0 Å². The molecule has 0 bridgehead atoms. The van der Waals surface area contributed by atoms with Gasteiger partial charge in [-0.2, -0.15) is 0 Å². The van der Waals surface area contributed by atoms with Crippen molar-refractivity contribution in [1.29, 1.82) is 0 Å². The Morgan fingerprint density at radius 2 is 2.38 bits per heavy atom. The van der Waals surface area contributed by atoms with E-state index < -0.39 is 0 Å². The van der Waals surface area contributed by atoms with Crippen LogP contribution in [0.3, 0.4) is 0 Å². The fourth-order valence-electron chi connectivity index (χ4n) is 1.51. The second-order valence-electron chi connectivity index (χ2n) is 3.21. The summed E-state index contributed by atoms with van der Waals surface area (Å²) >= 11 is 7.65. The lowest BCUT2D eigenvalue weighted by Gasteiger charge is -2.22. The zero-order chi connectivity index (χ0) is 9.10.